The van der Waals surface area contributed by atoms with E-state index in [-0.39, 0.29) is 41.8 Å². The van der Waals surface area contributed by atoms with Gasteiger partial charge < -0.3 is 10.0 Å². The highest BCUT2D eigenvalue weighted by Crippen LogP contribution is 2.42. The summed E-state index contributed by atoms with van der Waals surface area (Å²) in [6.45, 7) is 2.26. The second-order valence-electron chi connectivity index (χ2n) is 9.06. The van der Waals surface area contributed by atoms with E-state index in [1.807, 2.05) is 6.92 Å². The molecule has 1 heterocycles. The van der Waals surface area contributed by atoms with Crippen LogP contribution in [0.4, 0.5) is 18.0 Å². The van der Waals surface area contributed by atoms with Gasteiger partial charge in [-0.15, -0.1) is 0 Å². The molecule has 4 atom stereocenters. The Balaban J connectivity index is 1.75. The van der Waals surface area contributed by atoms with Gasteiger partial charge in [-0.1, -0.05) is 13.3 Å². The van der Waals surface area contributed by atoms with Crippen molar-refractivity contribution in [1.29, 1.82) is 0 Å². The zero-order valence-corrected chi connectivity index (χ0v) is 20.1. The number of rotatable bonds is 7. The van der Waals surface area contributed by atoms with Crippen LogP contribution in [0.25, 0.3) is 0 Å². The van der Waals surface area contributed by atoms with Gasteiger partial charge in [-0.05, 0) is 55.4 Å². The molecule has 1 saturated carbocycles. The summed E-state index contributed by atoms with van der Waals surface area (Å²) in [5.74, 6) is -0.427. The summed E-state index contributed by atoms with van der Waals surface area (Å²) in [5, 5.41) is 9.34. The predicted molar refractivity (Wildman–Crippen MR) is 117 cm³/mol. The maximum atomic E-state index is 13.2. The number of carbonyl (C=O) groups excluding carboxylic acids is 1. The number of amides is 2. The highest BCUT2D eigenvalue weighted by atomic mass is 32.2. The number of carbonyl (C=O) groups is 2. The number of likely N-dealkylation sites (N-methyl/N-ethyl adjacent to an activating group) is 2. The fourth-order valence-electron chi connectivity index (χ4n) is 5.13. The van der Waals surface area contributed by atoms with E-state index in [1.165, 1.54) is 11.4 Å². The molecule has 0 unspecified atom stereocenters. The monoisotopic (exact) mass is 505 g/mol. The lowest BCUT2D eigenvalue weighted by Crippen LogP contribution is -2.52. The van der Waals surface area contributed by atoms with E-state index in [2.05, 4.69) is 0 Å². The van der Waals surface area contributed by atoms with Gasteiger partial charge in [0.25, 0.3) is 0 Å². The molecule has 2 aliphatic rings. The molecule has 1 N–H and O–H groups in total. The van der Waals surface area contributed by atoms with Gasteiger partial charge in [-0.25, -0.2) is 13.2 Å². The van der Waals surface area contributed by atoms with Gasteiger partial charge in [0, 0.05) is 33.2 Å². The van der Waals surface area contributed by atoms with Gasteiger partial charge in [0.2, 0.25) is 15.9 Å². The van der Waals surface area contributed by atoms with Crippen molar-refractivity contribution >= 4 is 22.0 Å². The SMILES string of the molecule is CCC[C@@H](C(=O)N(C)[C@H]1CC[C@@H]2CN(S(=O)(=O)c3ccc(C(F)(F)F)cc3)C[C@@H]21)N(C)C(=O)O. The first-order valence-corrected chi connectivity index (χ1v) is 12.6. The number of hydrogen-bond donors (Lipinski definition) is 1. The van der Waals surface area contributed by atoms with Crippen molar-refractivity contribution in [3.63, 3.8) is 0 Å². The van der Waals surface area contributed by atoms with Crippen molar-refractivity contribution in [2.24, 2.45) is 11.8 Å². The normalized spacial score (nSPS) is 24.0. The van der Waals surface area contributed by atoms with Gasteiger partial charge in [0.1, 0.15) is 6.04 Å². The molecule has 8 nitrogen and oxygen atoms in total. The molecule has 1 aliphatic heterocycles. The number of carboxylic acid groups (broad SMARTS) is 1. The van der Waals surface area contributed by atoms with Crippen LogP contribution in [0.1, 0.15) is 38.2 Å². The average molecular weight is 506 g/mol. The molecule has 2 amide bonds. The van der Waals surface area contributed by atoms with E-state index in [9.17, 15) is 36.3 Å². The lowest BCUT2D eigenvalue weighted by atomic mass is 9.96. The number of alkyl halides is 3. The zero-order valence-electron chi connectivity index (χ0n) is 19.3. The second-order valence-corrected chi connectivity index (χ2v) is 11.0. The first-order valence-electron chi connectivity index (χ1n) is 11.2. The lowest BCUT2D eigenvalue weighted by Gasteiger charge is -2.34. The van der Waals surface area contributed by atoms with Crippen molar-refractivity contribution < 1.29 is 36.3 Å². The Labute approximate surface area is 197 Å². The van der Waals surface area contributed by atoms with Gasteiger partial charge in [-0.2, -0.15) is 17.5 Å². The molecule has 12 heteroatoms. The minimum Gasteiger partial charge on any atom is -0.465 e. The molecule has 1 aliphatic carbocycles. The standard InChI is InChI=1S/C22H30F3N3O5S/c1-4-5-19(27(3)21(30)31)20(29)26(2)18-11-6-14-12-28(13-17(14)18)34(32,33)16-9-7-15(8-10-16)22(23,24)25/h7-10,14,17-19H,4-6,11-13H2,1-3H3,(H,30,31)/t14-,17+,18+,19+/m1/s1. The Morgan fingerprint density at radius 2 is 1.76 bits per heavy atom. The highest BCUT2D eigenvalue weighted by Gasteiger charge is 2.49. The maximum Gasteiger partial charge on any atom is 0.416 e. The molecule has 190 valence electrons. The minimum absolute atomic E-state index is 0.0197. The summed E-state index contributed by atoms with van der Waals surface area (Å²) >= 11 is 0. The molecule has 1 aromatic rings. The van der Waals surface area contributed by atoms with Crippen LogP contribution in [0.5, 0.6) is 0 Å². The molecule has 2 fully saturated rings. The van der Waals surface area contributed by atoms with Gasteiger partial charge >= 0.3 is 12.3 Å². The topological polar surface area (TPSA) is 98.2 Å². The largest absolute Gasteiger partial charge is 0.465 e. The Bertz CT molecular complexity index is 1020. The third kappa shape index (κ3) is 5.02. The zero-order chi connectivity index (χ0) is 25.4. The van der Waals surface area contributed by atoms with Crippen LogP contribution in [-0.2, 0) is 21.0 Å². The van der Waals surface area contributed by atoms with E-state index >= 15 is 0 Å². The van der Waals surface area contributed by atoms with Crippen LogP contribution < -0.4 is 0 Å². The van der Waals surface area contributed by atoms with Crippen LogP contribution in [0, 0.1) is 11.8 Å². The number of hydrogen-bond acceptors (Lipinski definition) is 4. The van der Waals surface area contributed by atoms with Crippen molar-refractivity contribution in [3.05, 3.63) is 29.8 Å². The third-order valence-corrected chi connectivity index (χ3v) is 8.91. The molecule has 0 aromatic heterocycles. The molecule has 0 bridgehead atoms. The van der Waals surface area contributed by atoms with E-state index in [4.69, 9.17) is 0 Å². The highest BCUT2D eigenvalue weighted by molar-refractivity contribution is 7.89. The summed E-state index contributed by atoms with van der Waals surface area (Å²) in [4.78, 5) is 27.0. The molecular formula is C22H30F3N3O5S. The van der Waals surface area contributed by atoms with Crippen molar-refractivity contribution in [2.75, 3.05) is 27.2 Å². The molecule has 0 spiro atoms. The van der Waals surface area contributed by atoms with Crippen molar-refractivity contribution in [2.45, 2.75) is 55.8 Å². The van der Waals surface area contributed by atoms with Gasteiger partial charge in [0.15, 0.2) is 0 Å². The number of fused-ring (bicyclic) bond motifs is 1. The van der Waals surface area contributed by atoms with E-state index in [1.54, 1.807) is 11.9 Å². The van der Waals surface area contributed by atoms with Crippen LogP contribution >= 0.6 is 0 Å². The number of sulfonamides is 1. The molecule has 1 aromatic carbocycles. The smallest absolute Gasteiger partial charge is 0.416 e. The van der Waals surface area contributed by atoms with Crippen LogP contribution in [-0.4, -0.2) is 78.9 Å². The summed E-state index contributed by atoms with van der Waals surface area (Å²) in [6.07, 6.45) is -3.36. The quantitative estimate of drug-likeness (QED) is 0.613. The summed E-state index contributed by atoms with van der Waals surface area (Å²) < 4.78 is 65.9. The van der Waals surface area contributed by atoms with Crippen LogP contribution in [0.3, 0.4) is 0 Å². The van der Waals surface area contributed by atoms with Crippen molar-refractivity contribution in [3.8, 4) is 0 Å². The lowest BCUT2D eigenvalue weighted by molar-refractivity contribution is -0.138. The van der Waals surface area contributed by atoms with E-state index in [0.717, 1.165) is 29.2 Å². The van der Waals surface area contributed by atoms with Gasteiger partial charge in [-0.3, -0.25) is 9.69 Å². The first-order chi connectivity index (χ1) is 15.8. The van der Waals surface area contributed by atoms with E-state index in [0.29, 0.717) is 25.7 Å². The Hall–Kier alpha value is -2.34. The van der Waals surface area contributed by atoms with Gasteiger partial charge in [0.05, 0.1) is 10.5 Å². The fraction of sp³-hybridized carbons (Fsp3) is 0.636. The summed E-state index contributed by atoms with van der Waals surface area (Å²) in [5.41, 5.74) is -0.919. The van der Waals surface area contributed by atoms with Crippen molar-refractivity contribution in [1.82, 2.24) is 14.1 Å². The molecular weight excluding hydrogens is 475 g/mol. The number of nitrogens with zero attached hydrogens (tertiary/aromatic N) is 3. The maximum absolute atomic E-state index is 13.2. The Morgan fingerprint density at radius 3 is 2.29 bits per heavy atom. The Kier molecular flexibility index (Phi) is 7.51. The van der Waals surface area contributed by atoms with Crippen LogP contribution in [0.2, 0.25) is 0 Å². The first kappa shape index (κ1) is 26.3. The molecule has 3 rings (SSSR count). The molecule has 0 radical (unpaired) electrons. The van der Waals surface area contributed by atoms with Crippen LogP contribution in [0.15, 0.2) is 29.2 Å². The van der Waals surface area contributed by atoms with E-state index < -0.39 is 33.9 Å². The third-order valence-electron chi connectivity index (χ3n) is 7.07. The summed E-state index contributed by atoms with van der Waals surface area (Å²) in [7, 11) is -0.999. The summed E-state index contributed by atoms with van der Waals surface area (Å²) in [6, 6.07) is 2.39. The minimum atomic E-state index is -4.55. The second kappa shape index (κ2) is 9.73. The number of benzene rings is 1. The average Bonchev–Trinajstić information content (AvgIpc) is 3.37. The fourth-order valence-corrected chi connectivity index (χ4v) is 6.66. The molecule has 1 saturated heterocycles. The predicted octanol–water partition coefficient (Wildman–Crippen LogP) is 3.34. The Morgan fingerprint density at radius 1 is 1.15 bits per heavy atom. The molecule has 34 heavy (non-hydrogen) atoms. The number of halogens is 3.